The highest BCUT2D eigenvalue weighted by Crippen LogP contribution is 2.03. The molecule has 0 radical (unpaired) electrons. The molecule has 1 heterocycles. The number of nitrogens with zero attached hydrogens (tertiary/aromatic N) is 2. The van der Waals surface area contributed by atoms with Gasteiger partial charge in [-0.15, -0.1) is 0 Å². The molecule has 0 atom stereocenters. The summed E-state index contributed by atoms with van der Waals surface area (Å²) in [6.45, 7) is 6.13. The van der Waals surface area contributed by atoms with Crippen molar-refractivity contribution in [3.05, 3.63) is 30.1 Å². The molecular weight excluding hydrogens is 194 g/mol. The van der Waals surface area contributed by atoms with Crippen molar-refractivity contribution in [2.24, 2.45) is 10.9 Å². The molecule has 0 aromatic carbocycles. The molecule has 0 spiro atoms. The lowest BCUT2D eigenvalue weighted by molar-refractivity contribution is 0.335. The molecule has 0 aliphatic heterocycles. The number of hydrogen-bond acceptors (Lipinski definition) is 3. The van der Waals surface area contributed by atoms with Crippen molar-refractivity contribution in [1.82, 2.24) is 4.98 Å². The van der Waals surface area contributed by atoms with Crippen LogP contribution >= 0.6 is 0 Å². The standard InChI is InChI=1S/C9H15N3OSi/c1-14(2,3)13-12-9(10)8-6-4-5-7-11-8/h4-7H,1-3H3,(H2,10,12). The molecule has 1 aromatic heterocycles. The molecule has 0 unspecified atom stereocenters. The third-order valence-electron chi connectivity index (χ3n) is 1.35. The quantitative estimate of drug-likeness (QED) is 0.355. The van der Waals surface area contributed by atoms with Crippen molar-refractivity contribution < 1.29 is 4.53 Å². The van der Waals surface area contributed by atoms with E-state index in [1.54, 1.807) is 12.3 Å². The van der Waals surface area contributed by atoms with Crippen LogP contribution in [0, 0.1) is 0 Å². The Kier molecular flexibility index (Phi) is 3.24. The lowest BCUT2D eigenvalue weighted by Gasteiger charge is -2.13. The van der Waals surface area contributed by atoms with Crippen molar-refractivity contribution in [2.45, 2.75) is 19.6 Å². The molecule has 1 aromatic rings. The Balaban J connectivity index is 2.71. The van der Waals surface area contributed by atoms with Gasteiger partial charge < -0.3 is 10.3 Å². The minimum Gasteiger partial charge on any atom is -0.454 e. The summed E-state index contributed by atoms with van der Waals surface area (Å²) in [6, 6.07) is 5.49. The van der Waals surface area contributed by atoms with Crippen LogP contribution in [0.2, 0.25) is 19.6 Å². The van der Waals surface area contributed by atoms with Gasteiger partial charge in [-0.05, 0) is 31.8 Å². The summed E-state index contributed by atoms with van der Waals surface area (Å²) in [7, 11) is -1.65. The molecule has 0 aliphatic rings. The minimum absolute atomic E-state index is 0.327. The molecule has 1 rings (SSSR count). The van der Waals surface area contributed by atoms with Gasteiger partial charge >= 0.3 is 0 Å². The first-order chi connectivity index (χ1) is 6.49. The number of aromatic nitrogens is 1. The maximum Gasteiger partial charge on any atom is 0.278 e. The largest absolute Gasteiger partial charge is 0.454 e. The van der Waals surface area contributed by atoms with E-state index in [-0.39, 0.29) is 0 Å². The number of oxime groups is 1. The van der Waals surface area contributed by atoms with Gasteiger partial charge in [0, 0.05) is 6.20 Å². The van der Waals surface area contributed by atoms with Crippen molar-refractivity contribution in [3.63, 3.8) is 0 Å². The molecule has 4 nitrogen and oxygen atoms in total. The molecule has 2 N–H and O–H groups in total. The Labute approximate surface area is 84.9 Å². The lowest BCUT2D eigenvalue weighted by Crippen LogP contribution is -2.25. The number of hydrogen-bond donors (Lipinski definition) is 1. The van der Waals surface area contributed by atoms with Gasteiger partial charge in [-0.2, -0.15) is 0 Å². The summed E-state index contributed by atoms with van der Waals surface area (Å²) >= 11 is 0. The third kappa shape index (κ3) is 3.57. The van der Waals surface area contributed by atoms with E-state index in [9.17, 15) is 0 Å². The SMILES string of the molecule is C[Si](C)(C)O/N=C(\N)c1ccccn1. The molecule has 0 fully saturated rings. The zero-order valence-corrected chi connectivity index (χ0v) is 9.69. The van der Waals surface area contributed by atoms with E-state index in [0.717, 1.165) is 0 Å². The lowest BCUT2D eigenvalue weighted by atomic mass is 10.3. The summed E-state index contributed by atoms with van der Waals surface area (Å²) in [6.07, 6.45) is 1.67. The van der Waals surface area contributed by atoms with Gasteiger partial charge in [-0.3, -0.25) is 4.98 Å². The van der Waals surface area contributed by atoms with E-state index in [4.69, 9.17) is 10.3 Å². The maximum atomic E-state index is 5.69. The van der Waals surface area contributed by atoms with Gasteiger partial charge in [0.1, 0.15) is 5.69 Å². The van der Waals surface area contributed by atoms with E-state index >= 15 is 0 Å². The summed E-state index contributed by atoms with van der Waals surface area (Å²) < 4.78 is 5.31. The predicted octanol–water partition coefficient (Wildman–Crippen LogP) is 1.55. The first kappa shape index (κ1) is 10.7. The first-order valence-corrected chi connectivity index (χ1v) is 7.83. The summed E-state index contributed by atoms with van der Waals surface area (Å²) in [5, 5.41) is 3.86. The van der Waals surface area contributed by atoms with E-state index in [0.29, 0.717) is 11.5 Å². The van der Waals surface area contributed by atoms with Crippen molar-refractivity contribution in [3.8, 4) is 0 Å². The van der Waals surface area contributed by atoms with Crippen LogP contribution in [-0.2, 0) is 4.53 Å². The van der Waals surface area contributed by atoms with Gasteiger partial charge in [-0.1, -0.05) is 11.2 Å². The molecule has 76 valence electrons. The number of amidine groups is 1. The molecule has 0 bridgehead atoms. The average Bonchev–Trinajstić information content (AvgIpc) is 2.14. The normalized spacial score (nSPS) is 12.6. The van der Waals surface area contributed by atoms with Crippen LogP contribution in [-0.4, -0.2) is 19.1 Å². The minimum atomic E-state index is -1.65. The first-order valence-electron chi connectivity index (χ1n) is 4.42. The van der Waals surface area contributed by atoms with Gasteiger partial charge in [0.05, 0.1) is 0 Å². The monoisotopic (exact) mass is 209 g/mol. The zero-order chi connectivity index (χ0) is 10.6. The van der Waals surface area contributed by atoms with E-state index in [2.05, 4.69) is 10.1 Å². The Bertz CT molecular complexity index is 319. The number of rotatable bonds is 3. The summed E-state index contributed by atoms with van der Waals surface area (Å²) in [4.78, 5) is 4.06. The van der Waals surface area contributed by atoms with Crippen molar-refractivity contribution >= 4 is 14.2 Å². The summed E-state index contributed by atoms with van der Waals surface area (Å²) in [5.74, 6) is 0.327. The Hall–Kier alpha value is -1.36. The van der Waals surface area contributed by atoms with Gasteiger partial charge in [0.15, 0.2) is 5.84 Å². The highest BCUT2D eigenvalue weighted by atomic mass is 28.4. The fourth-order valence-corrected chi connectivity index (χ4v) is 1.12. The molecule has 5 heteroatoms. The fraction of sp³-hybridized carbons (Fsp3) is 0.333. The van der Waals surface area contributed by atoms with Crippen LogP contribution in [0.5, 0.6) is 0 Å². The van der Waals surface area contributed by atoms with Gasteiger partial charge in [0.2, 0.25) is 0 Å². The van der Waals surface area contributed by atoms with Crippen LogP contribution in [0.3, 0.4) is 0 Å². The van der Waals surface area contributed by atoms with E-state index in [1.165, 1.54) is 0 Å². The Morgan fingerprint density at radius 2 is 2.14 bits per heavy atom. The second-order valence-corrected chi connectivity index (χ2v) is 8.30. The van der Waals surface area contributed by atoms with Gasteiger partial charge in [-0.25, -0.2) is 0 Å². The smallest absolute Gasteiger partial charge is 0.278 e. The van der Waals surface area contributed by atoms with Crippen LogP contribution in [0.25, 0.3) is 0 Å². The molecule has 0 saturated carbocycles. The average molecular weight is 209 g/mol. The second kappa shape index (κ2) is 4.23. The van der Waals surface area contributed by atoms with E-state index in [1.807, 2.05) is 31.8 Å². The third-order valence-corrected chi connectivity index (χ3v) is 1.98. The maximum absolute atomic E-state index is 5.69. The van der Waals surface area contributed by atoms with Gasteiger partial charge in [0.25, 0.3) is 8.32 Å². The fourth-order valence-electron chi connectivity index (χ4n) is 0.747. The Morgan fingerprint density at radius 3 is 2.64 bits per heavy atom. The van der Waals surface area contributed by atoms with Crippen molar-refractivity contribution in [2.75, 3.05) is 0 Å². The zero-order valence-electron chi connectivity index (χ0n) is 8.69. The van der Waals surface area contributed by atoms with Crippen LogP contribution < -0.4 is 5.73 Å². The summed E-state index contributed by atoms with van der Waals surface area (Å²) in [5.41, 5.74) is 6.33. The number of nitrogens with two attached hydrogens (primary N) is 1. The second-order valence-electron chi connectivity index (χ2n) is 3.90. The highest BCUT2D eigenvalue weighted by Gasteiger charge is 2.16. The van der Waals surface area contributed by atoms with Crippen LogP contribution in [0.4, 0.5) is 0 Å². The highest BCUT2D eigenvalue weighted by molar-refractivity contribution is 6.69. The Morgan fingerprint density at radius 1 is 1.43 bits per heavy atom. The van der Waals surface area contributed by atoms with E-state index < -0.39 is 8.32 Å². The molecule has 0 saturated heterocycles. The van der Waals surface area contributed by atoms with Crippen molar-refractivity contribution in [1.29, 1.82) is 0 Å². The predicted molar refractivity (Wildman–Crippen MR) is 59.4 cm³/mol. The van der Waals surface area contributed by atoms with Crippen LogP contribution in [0.15, 0.2) is 29.6 Å². The molecule has 14 heavy (non-hydrogen) atoms. The topological polar surface area (TPSA) is 60.5 Å². The molecule has 0 aliphatic carbocycles. The molecular formula is C9H15N3OSi. The number of pyridine rings is 1. The van der Waals surface area contributed by atoms with Crippen LogP contribution in [0.1, 0.15) is 5.69 Å². The molecule has 0 amide bonds.